The van der Waals surface area contributed by atoms with Crippen LogP contribution in [0.4, 0.5) is 0 Å². The average molecular weight is 338 g/mol. The second-order valence-corrected chi connectivity index (χ2v) is 8.33. The summed E-state index contributed by atoms with van der Waals surface area (Å²) in [6.45, 7) is 3.59. The second kappa shape index (κ2) is 7.93. The minimum Gasteiger partial charge on any atom is -0.356 e. The first-order valence-electron chi connectivity index (χ1n) is 8.15. The molecule has 5 nitrogen and oxygen atoms in total. The Kier molecular flexibility index (Phi) is 6.18. The molecule has 1 aliphatic heterocycles. The lowest BCUT2D eigenvalue weighted by atomic mass is 9.97. The molecule has 0 aromatic heterocycles. The molecule has 2 atom stereocenters. The molecule has 0 radical (unpaired) electrons. The van der Waals surface area contributed by atoms with Gasteiger partial charge in [-0.1, -0.05) is 37.3 Å². The largest absolute Gasteiger partial charge is 0.356 e. The van der Waals surface area contributed by atoms with Crippen molar-refractivity contribution in [3.05, 3.63) is 35.9 Å². The first-order valence-corrected chi connectivity index (χ1v) is 10.0. The number of carbonyl (C=O) groups excluding carboxylic acids is 1. The van der Waals surface area contributed by atoms with E-state index in [-0.39, 0.29) is 11.8 Å². The minimum atomic E-state index is -3.21. The highest BCUT2D eigenvalue weighted by Gasteiger charge is 2.29. The fourth-order valence-corrected chi connectivity index (χ4v) is 3.87. The molecule has 128 valence electrons. The van der Waals surface area contributed by atoms with Gasteiger partial charge in [0.2, 0.25) is 15.9 Å². The topological polar surface area (TPSA) is 66.5 Å². The van der Waals surface area contributed by atoms with Crippen LogP contribution in [0.3, 0.4) is 0 Å². The first kappa shape index (κ1) is 17.9. The van der Waals surface area contributed by atoms with E-state index in [0.717, 1.165) is 19.3 Å². The van der Waals surface area contributed by atoms with E-state index in [9.17, 15) is 13.2 Å². The lowest BCUT2D eigenvalue weighted by molar-refractivity contribution is -0.126. The van der Waals surface area contributed by atoms with Crippen LogP contribution in [0.5, 0.6) is 0 Å². The molecule has 0 saturated carbocycles. The predicted octanol–water partition coefficient (Wildman–Crippen LogP) is 1.97. The molecule has 1 heterocycles. The third kappa shape index (κ3) is 5.32. The zero-order valence-corrected chi connectivity index (χ0v) is 14.7. The van der Waals surface area contributed by atoms with Crippen molar-refractivity contribution in [2.75, 3.05) is 25.9 Å². The SMILES string of the molecule is C[C@H](CCNC(=O)[C@H]1CCCN(S(C)(=O)=O)C1)c1ccccc1. The van der Waals surface area contributed by atoms with Gasteiger partial charge in [0, 0.05) is 19.6 Å². The summed E-state index contributed by atoms with van der Waals surface area (Å²) in [5.41, 5.74) is 1.27. The fraction of sp³-hybridized carbons (Fsp3) is 0.588. The summed E-state index contributed by atoms with van der Waals surface area (Å²) in [6, 6.07) is 10.2. The Hall–Kier alpha value is -1.40. The third-order valence-electron chi connectivity index (χ3n) is 4.47. The fourth-order valence-electron chi connectivity index (χ4n) is 2.96. The van der Waals surface area contributed by atoms with Crippen molar-refractivity contribution < 1.29 is 13.2 Å². The molecule has 6 heteroatoms. The van der Waals surface area contributed by atoms with Crippen LogP contribution in [0.1, 0.15) is 37.7 Å². The quantitative estimate of drug-likeness (QED) is 0.862. The number of benzene rings is 1. The van der Waals surface area contributed by atoms with E-state index in [0.29, 0.717) is 25.6 Å². The molecule has 0 aliphatic carbocycles. The molecule has 2 rings (SSSR count). The van der Waals surface area contributed by atoms with Crippen LogP contribution in [-0.4, -0.2) is 44.5 Å². The van der Waals surface area contributed by atoms with Crippen LogP contribution in [-0.2, 0) is 14.8 Å². The molecular weight excluding hydrogens is 312 g/mol. The molecule has 1 fully saturated rings. The van der Waals surface area contributed by atoms with E-state index >= 15 is 0 Å². The van der Waals surface area contributed by atoms with Crippen molar-refractivity contribution in [2.24, 2.45) is 5.92 Å². The molecule has 1 aliphatic rings. The van der Waals surface area contributed by atoms with E-state index < -0.39 is 10.0 Å². The number of hydrogen-bond acceptors (Lipinski definition) is 3. The van der Waals surface area contributed by atoms with Gasteiger partial charge in [-0.3, -0.25) is 4.79 Å². The third-order valence-corrected chi connectivity index (χ3v) is 5.74. The number of carbonyl (C=O) groups is 1. The van der Waals surface area contributed by atoms with E-state index in [1.807, 2.05) is 18.2 Å². The highest BCUT2D eigenvalue weighted by atomic mass is 32.2. The average Bonchev–Trinajstić information content (AvgIpc) is 2.54. The smallest absolute Gasteiger partial charge is 0.224 e. The Morgan fingerprint density at radius 1 is 1.35 bits per heavy atom. The van der Waals surface area contributed by atoms with Gasteiger partial charge in [-0.15, -0.1) is 0 Å². The number of amides is 1. The molecule has 1 saturated heterocycles. The van der Waals surface area contributed by atoms with Gasteiger partial charge in [-0.05, 0) is 30.7 Å². The summed E-state index contributed by atoms with van der Waals surface area (Å²) in [6.07, 6.45) is 3.57. The van der Waals surface area contributed by atoms with E-state index in [4.69, 9.17) is 0 Å². The van der Waals surface area contributed by atoms with Crippen molar-refractivity contribution in [3.63, 3.8) is 0 Å². The van der Waals surface area contributed by atoms with E-state index in [1.54, 1.807) is 0 Å². The zero-order valence-electron chi connectivity index (χ0n) is 13.9. The number of hydrogen-bond donors (Lipinski definition) is 1. The first-order chi connectivity index (χ1) is 10.9. The maximum absolute atomic E-state index is 12.3. The molecular formula is C17H26N2O3S. The Labute approximate surface area is 139 Å². The Bertz CT molecular complexity index is 616. The van der Waals surface area contributed by atoms with E-state index in [1.165, 1.54) is 16.1 Å². The molecule has 1 amide bonds. The van der Waals surface area contributed by atoms with Gasteiger partial charge in [0.05, 0.1) is 12.2 Å². The van der Waals surface area contributed by atoms with Gasteiger partial charge < -0.3 is 5.32 Å². The van der Waals surface area contributed by atoms with Crippen LogP contribution >= 0.6 is 0 Å². The molecule has 0 unspecified atom stereocenters. The maximum atomic E-state index is 12.3. The highest BCUT2D eigenvalue weighted by Crippen LogP contribution is 2.20. The summed E-state index contributed by atoms with van der Waals surface area (Å²) in [7, 11) is -3.21. The lowest BCUT2D eigenvalue weighted by Crippen LogP contribution is -2.45. The van der Waals surface area contributed by atoms with Gasteiger partial charge in [0.25, 0.3) is 0 Å². The molecule has 0 bridgehead atoms. The minimum absolute atomic E-state index is 0.0291. The summed E-state index contributed by atoms with van der Waals surface area (Å²) < 4.78 is 24.6. The van der Waals surface area contributed by atoms with Crippen molar-refractivity contribution in [2.45, 2.75) is 32.1 Å². The number of piperidine rings is 1. The molecule has 1 aromatic carbocycles. The summed E-state index contributed by atoms with van der Waals surface area (Å²) >= 11 is 0. The molecule has 23 heavy (non-hydrogen) atoms. The van der Waals surface area contributed by atoms with Gasteiger partial charge in [-0.25, -0.2) is 12.7 Å². The van der Waals surface area contributed by atoms with Gasteiger partial charge in [-0.2, -0.15) is 0 Å². The number of sulfonamides is 1. The monoisotopic (exact) mass is 338 g/mol. The van der Waals surface area contributed by atoms with Crippen molar-refractivity contribution in [1.82, 2.24) is 9.62 Å². The van der Waals surface area contributed by atoms with Crippen molar-refractivity contribution >= 4 is 15.9 Å². The van der Waals surface area contributed by atoms with Gasteiger partial charge in [0.15, 0.2) is 0 Å². The second-order valence-electron chi connectivity index (χ2n) is 6.35. The van der Waals surface area contributed by atoms with Crippen LogP contribution in [0.15, 0.2) is 30.3 Å². The standard InChI is InChI=1S/C17H26N2O3S/c1-14(15-7-4-3-5-8-15)10-11-18-17(20)16-9-6-12-19(13-16)23(2,21)22/h3-5,7-8,14,16H,6,9-13H2,1-2H3,(H,18,20)/t14-,16+/m1/s1. The predicted molar refractivity (Wildman–Crippen MR) is 91.6 cm³/mol. The number of nitrogens with one attached hydrogen (secondary N) is 1. The van der Waals surface area contributed by atoms with Crippen LogP contribution < -0.4 is 5.32 Å². The normalized spacial score (nSPS) is 20.9. The Morgan fingerprint density at radius 2 is 2.04 bits per heavy atom. The molecule has 0 spiro atoms. The van der Waals surface area contributed by atoms with Crippen LogP contribution in [0.2, 0.25) is 0 Å². The molecule has 1 N–H and O–H groups in total. The van der Waals surface area contributed by atoms with Crippen LogP contribution in [0, 0.1) is 5.92 Å². The summed E-state index contributed by atoms with van der Waals surface area (Å²) in [5.74, 6) is 0.125. The number of nitrogens with zero attached hydrogens (tertiary/aromatic N) is 1. The summed E-state index contributed by atoms with van der Waals surface area (Å²) in [4.78, 5) is 12.3. The summed E-state index contributed by atoms with van der Waals surface area (Å²) in [5, 5.41) is 2.96. The van der Waals surface area contributed by atoms with Crippen LogP contribution in [0.25, 0.3) is 0 Å². The zero-order chi connectivity index (χ0) is 16.9. The lowest BCUT2D eigenvalue weighted by Gasteiger charge is -2.30. The van der Waals surface area contributed by atoms with Gasteiger partial charge in [0.1, 0.15) is 0 Å². The van der Waals surface area contributed by atoms with E-state index in [2.05, 4.69) is 24.4 Å². The Morgan fingerprint density at radius 3 is 2.70 bits per heavy atom. The number of rotatable bonds is 6. The maximum Gasteiger partial charge on any atom is 0.224 e. The van der Waals surface area contributed by atoms with Crippen molar-refractivity contribution in [1.29, 1.82) is 0 Å². The molecule has 1 aromatic rings. The Balaban J connectivity index is 1.78. The van der Waals surface area contributed by atoms with Gasteiger partial charge >= 0.3 is 0 Å². The van der Waals surface area contributed by atoms with Crippen molar-refractivity contribution in [3.8, 4) is 0 Å². The highest BCUT2D eigenvalue weighted by molar-refractivity contribution is 7.88.